The molecule has 5 nitrogen and oxygen atoms in total. The molecule has 1 N–H and O–H groups in total. The maximum atomic E-state index is 12.5. The summed E-state index contributed by atoms with van der Waals surface area (Å²) >= 11 is 0. The summed E-state index contributed by atoms with van der Waals surface area (Å²) in [6.45, 7) is 4.59. The number of H-pyrrole nitrogens is 1. The van der Waals surface area contributed by atoms with Gasteiger partial charge in [-0.15, -0.1) is 0 Å². The number of aromatic amines is 1. The van der Waals surface area contributed by atoms with Gasteiger partial charge in [0.25, 0.3) is 5.91 Å². The summed E-state index contributed by atoms with van der Waals surface area (Å²) in [6.07, 6.45) is 0. The van der Waals surface area contributed by atoms with Crippen molar-refractivity contribution in [2.24, 2.45) is 0 Å². The number of benzene rings is 1. The molecule has 1 aliphatic heterocycles. The predicted molar refractivity (Wildman–Crippen MR) is 82.3 cm³/mol. The van der Waals surface area contributed by atoms with Crippen LogP contribution < -0.4 is 0 Å². The van der Waals surface area contributed by atoms with Gasteiger partial charge in [0.05, 0.1) is 11.5 Å². The molecule has 0 radical (unpaired) electrons. The van der Waals surface area contributed by atoms with Crippen molar-refractivity contribution in [2.45, 2.75) is 13.8 Å². The molecule has 1 fully saturated rings. The maximum absolute atomic E-state index is 12.5. The van der Waals surface area contributed by atoms with E-state index in [2.05, 4.69) is 4.98 Å². The van der Waals surface area contributed by atoms with E-state index in [9.17, 15) is 13.2 Å². The number of sulfone groups is 1. The van der Waals surface area contributed by atoms with Crippen molar-refractivity contribution >= 4 is 26.6 Å². The normalized spacial score (nSPS) is 18.1. The smallest absolute Gasteiger partial charge is 0.253 e. The first-order chi connectivity index (χ1) is 9.87. The van der Waals surface area contributed by atoms with Gasteiger partial charge in [0.15, 0.2) is 9.84 Å². The quantitative estimate of drug-likeness (QED) is 0.871. The summed E-state index contributed by atoms with van der Waals surface area (Å²) in [5, 5.41) is 1.04. The third-order valence-electron chi connectivity index (χ3n) is 4.19. The summed E-state index contributed by atoms with van der Waals surface area (Å²) in [7, 11) is -2.97. The van der Waals surface area contributed by atoms with E-state index in [1.54, 1.807) is 11.0 Å². The fraction of sp³-hybridized carbons (Fsp3) is 0.400. The standard InChI is InChI=1S/C15H18N2O3S/c1-10-11(2)16-14-4-3-12(9-13(10)14)15(18)17-5-7-21(19,20)8-6-17/h3-4,9,16H,5-8H2,1-2H3. The molecule has 112 valence electrons. The Labute approximate surface area is 123 Å². The Morgan fingerprint density at radius 2 is 1.86 bits per heavy atom. The Kier molecular flexibility index (Phi) is 3.28. The molecule has 3 rings (SSSR count). The van der Waals surface area contributed by atoms with Crippen LogP contribution in [0.5, 0.6) is 0 Å². The minimum absolute atomic E-state index is 0.0588. The van der Waals surface area contributed by atoms with Crippen LogP contribution in [0.15, 0.2) is 18.2 Å². The SMILES string of the molecule is Cc1[nH]c2ccc(C(=O)N3CCS(=O)(=O)CC3)cc2c1C. The number of amides is 1. The van der Waals surface area contributed by atoms with E-state index < -0.39 is 9.84 Å². The molecule has 2 heterocycles. The second-order valence-electron chi connectivity index (χ2n) is 5.58. The first-order valence-electron chi connectivity index (χ1n) is 6.96. The number of hydrogen-bond donors (Lipinski definition) is 1. The van der Waals surface area contributed by atoms with Gasteiger partial charge >= 0.3 is 0 Å². The highest BCUT2D eigenvalue weighted by atomic mass is 32.2. The number of aryl methyl sites for hydroxylation is 2. The van der Waals surface area contributed by atoms with Crippen molar-refractivity contribution in [1.82, 2.24) is 9.88 Å². The van der Waals surface area contributed by atoms with Crippen molar-refractivity contribution in [3.8, 4) is 0 Å². The molecule has 6 heteroatoms. The summed E-state index contributed by atoms with van der Waals surface area (Å²) in [5.74, 6) is 0.0251. The Balaban J connectivity index is 1.90. The summed E-state index contributed by atoms with van der Waals surface area (Å²) in [6, 6.07) is 5.59. The van der Waals surface area contributed by atoms with Crippen molar-refractivity contribution < 1.29 is 13.2 Å². The van der Waals surface area contributed by atoms with Crippen molar-refractivity contribution in [3.05, 3.63) is 35.0 Å². The van der Waals surface area contributed by atoms with Gasteiger partial charge in [-0.25, -0.2) is 8.42 Å². The number of hydrogen-bond acceptors (Lipinski definition) is 3. The van der Waals surface area contributed by atoms with Crippen LogP contribution in [-0.2, 0) is 9.84 Å². The van der Waals surface area contributed by atoms with Crippen LogP contribution in [0.1, 0.15) is 21.6 Å². The van der Waals surface area contributed by atoms with Gasteiger partial charge in [0.1, 0.15) is 0 Å². The molecule has 2 aromatic rings. The third-order valence-corrected chi connectivity index (χ3v) is 5.80. The Morgan fingerprint density at radius 1 is 1.19 bits per heavy atom. The fourth-order valence-corrected chi connectivity index (χ4v) is 3.89. The van der Waals surface area contributed by atoms with Crippen LogP contribution in [0, 0.1) is 13.8 Å². The van der Waals surface area contributed by atoms with Crippen molar-refractivity contribution in [3.63, 3.8) is 0 Å². The lowest BCUT2D eigenvalue weighted by Crippen LogP contribution is -2.43. The molecule has 0 saturated carbocycles. The molecule has 0 unspecified atom stereocenters. The highest BCUT2D eigenvalue weighted by Gasteiger charge is 2.25. The van der Waals surface area contributed by atoms with E-state index in [-0.39, 0.29) is 30.5 Å². The lowest BCUT2D eigenvalue weighted by atomic mass is 10.1. The van der Waals surface area contributed by atoms with E-state index in [1.807, 2.05) is 26.0 Å². The second-order valence-corrected chi connectivity index (χ2v) is 7.88. The van der Waals surface area contributed by atoms with E-state index in [0.29, 0.717) is 5.56 Å². The first-order valence-corrected chi connectivity index (χ1v) is 8.78. The fourth-order valence-electron chi connectivity index (χ4n) is 2.69. The summed E-state index contributed by atoms with van der Waals surface area (Å²) in [4.78, 5) is 17.4. The molecular weight excluding hydrogens is 288 g/mol. The van der Waals surface area contributed by atoms with E-state index >= 15 is 0 Å². The predicted octanol–water partition coefficient (Wildman–Crippen LogP) is 1.66. The zero-order chi connectivity index (χ0) is 15.2. The molecule has 1 aromatic heterocycles. The highest BCUT2D eigenvalue weighted by Crippen LogP contribution is 2.23. The summed E-state index contributed by atoms with van der Waals surface area (Å²) < 4.78 is 22.9. The Bertz CT molecular complexity index is 807. The van der Waals surface area contributed by atoms with Crippen molar-refractivity contribution in [1.29, 1.82) is 0 Å². The molecule has 0 atom stereocenters. The lowest BCUT2D eigenvalue weighted by Gasteiger charge is -2.26. The third kappa shape index (κ3) is 2.55. The molecule has 1 amide bonds. The lowest BCUT2D eigenvalue weighted by molar-refractivity contribution is 0.0770. The molecule has 1 aromatic carbocycles. The monoisotopic (exact) mass is 306 g/mol. The van der Waals surface area contributed by atoms with Crippen LogP contribution in [-0.4, -0.2) is 48.8 Å². The molecule has 0 bridgehead atoms. The van der Waals surface area contributed by atoms with Gasteiger partial charge in [-0.05, 0) is 37.6 Å². The van der Waals surface area contributed by atoms with E-state index in [0.717, 1.165) is 22.2 Å². The van der Waals surface area contributed by atoms with Crippen LogP contribution in [0.25, 0.3) is 10.9 Å². The summed E-state index contributed by atoms with van der Waals surface area (Å²) in [5.41, 5.74) is 3.87. The van der Waals surface area contributed by atoms with Gasteiger partial charge in [0, 0.05) is 35.2 Å². The number of nitrogens with one attached hydrogen (secondary N) is 1. The number of nitrogens with zero attached hydrogens (tertiary/aromatic N) is 1. The second kappa shape index (κ2) is 4.87. The number of fused-ring (bicyclic) bond motifs is 1. The minimum Gasteiger partial charge on any atom is -0.358 e. The van der Waals surface area contributed by atoms with Crippen LogP contribution in [0.2, 0.25) is 0 Å². The number of aromatic nitrogens is 1. The molecule has 0 spiro atoms. The molecule has 1 aliphatic rings. The zero-order valence-corrected chi connectivity index (χ0v) is 13.0. The van der Waals surface area contributed by atoms with E-state index in [4.69, 9.17) is 0 Å². The van der Waals surface area contributed by atoms with Crippen LogP contribution >= 0.6 is 0 Å². The zero-order valence-electron chi connectivity index (χ0n) is 12.1. The van der Waals surface area contributed by atoms with Gasteiger partial charge < -0.3 is 9.88 Å². The van der Waals surface area contributed by atoms with Gasteiger partial charge in [-0.3, -0.25) is 4.79 Å². The van der Waals surface area contributed by atoms with Gasteiger partial charge in [-0.2, -0.15) is 0 Å². The highest BCUT2D eigenvalue weighted by molar-refractivity contribution is 7.91. The maximum Gasteiger partial charge on any atom is 0.253 e. The van der Waals surface area contributed by atoms with Gasteiger partial charge in [-0.1, -0.05) is 0 Å². The Hall–Kier alpha value is -1.82. The first kappa shape index (κ1) is 14.1. The van der Waals surface area contributed by atoms with E-state index in [1.165, 1.54) is 0 Å². The van der Waals surface area contributed by atoms with Gasteiger partial charge in [0.2, 0.25) is 0 Å². The number of rotatable bonds is 1. The molecule has 1 saturated heterocycles. The molecule has 21 heavy (non-hydrogen) atoms. The molecular formula is C15H18N2O3S. The molecule has 0 aliphatic carbocycles. The van der Waals surface area contributed by atoms with Crippen LogP contribution in [0.4, 0.5) is 0 Å². The minimum atomic E-state index is -2.97. The van der Waals surface area contributed by atoms with Crippen LogP contribution in [0.3, 0.4) is 0 Å². The van der Waals surface area contributed by atoms with Crippen molar-refractivity contribution in [2.75, 3.05) is 24.6 Å². The number of carbonyl (C=O) groups is 1. The number of carbonyl (C=O) groups excluding carboxylic acids is 1. The topological polar surface area (TPSA) is 70.2 Å². The Morgan fingerprint density at radius 3 is 2.52 bits per heavy atom. The average molecular weight is 306 g/mol. The average Bonchev–Trinajstić information content (AvgIpc) is 2.73. The largest absolute Gasteiger partial charge is 0.358 e.